The number of aliphatic hydroxyl groups excluding tert-OH is 1. The van der Waals surface area contributed by atoms with Crippen LogP contribution >= 0.6 is 22.6 Å². The van der Waals surface area contributed by atoms with Gasteiger partial charge in [-0.25, -0.2) is 0 Å². The highest BCUT2D eigenvalue weighted by atomic mass is 127. The number of halogens is 1. The van der Waals surface area contributed by atoms with Crippen molar-refractivity contribution in [1.82, 2.24) is 0 Å². The van der Waals surface area contributed by atoms with Crippen molar-refractivity contribution in [2.45, 2.75) is 38.4 Å². The lowest BCUT2D eigenvalue weighted by Gasteiger charge is -2.17. The smallest absolute Gasteiger partial charge is 0.308 e. The van der Waals surface area contributed by atoms with Crippen LogP contribution in [0.1, 0.15) is 20.3 Å². The highest BCUT2D eigenvalue weighted by Crippen LogP contribution is 2.22. The summed E-state index contributed by atoms with van der Waals surface area (Å²) in [6.45, 7) is 7.78. The Hall–Kier alpha value is -0.220. The van der Waals surface area contributed by atoms with Gasteiger partial charge in [-0.05, 0) is 36.4 Å². The van der Waals surface area contributed by atoms with Gasteiger partial charge in [0.25, 0.3) is 0 Å². The first-order chi connectivity index (χ1) is 8.80. The van der Waals surface area contributed by atoms with Crippen molar-refractivity contribution in [2.24, 2.45) is 0 Å². The summed E-state index contributed by atoms with van der Waals surface area (Å²) in [6, 6.07) is 0. The van der Waals surface area contributed by atoms with Crippen molar-refractivity contribution in [3.63, 3.8) is 0 Å². The topological polar surface area (TPSA) is 74.2 Å². The second-order valence-corrected chi connectivity index (χ2v) is 5.94. The van der Waals surface area contributed by atoms with E-state index in [2.05, 4.69) is 6.58 Å². The van der Waals surface area contributed by atoms with E-state index in [4.69, 9.17) is 18.9 Å². The molecule has 0 aromatic heterocycles. The molecule has 0 aliphatic carbocycles. The summed E-state index contributed by atoms with van der Waals surface area (Å²) in [6.07, 6.45) is -1.22. The molecule has 0 amide bonds. The van der Waals surface area contributed by atoms with E-state index in [0.717, 1.165) is 0 Å². The zero-order chi connectivity index (χ0) is 14.5. The van der Waals surface area contributed by atoms with E-state index < -0.39 is 18.0 Å². The normalized spacial score (nSPS) is 23.1. The molecule has 6 nitrogen and oxygen atoms in total. The van der Waals surface area contributed by atoms with Gasteiger partial charge in [-0.3, -0.25) is 4.79 Å². The number of aliphatic hydroxyl groups is 1. The Bertz CT molecular complexity index is 330. The molecule has 0 saturated carbocycles. The Labute approximate surface area is 126 Å². The van der Waals surface area contributed by atoms with Crippen molar-refractivity contribution in [2.75, 3.05) is 19.8 Å². The van der Waals surface area contributed by atoms with Gasteiger partial charge in [-0.2, -0.15) is 0 Å². The minimum atomic E-state index is -1.05. The van der Waals surface area contributed by atoms with Crippen molar-refractivity contribution >= 4 is 28.6 Å². The molecule has 0 aromatic rings. The largest absolute Gasteiger partial charge is 0.463 e. The summed E-state index contributed by atoms with van der Waals surface area (Å²) < 4.78 is 21.3. The zero-order valence-electron chi connectivity index (χ0n) is 11.1. The van der Waals surface area contributed by atoms with E-state index >= 15 is 0 Å². The third kappa shape index (κ3) is 6.66. The lowest BCUT2D eigenvalue weighted by Crippen LogP contribution is -2.25. The summed E-state index contributed by atoms with van der Waals surface area (Å²) in [5.74, 6) is -1.02. The molecule has 7 heteroatoms. The Morgan fingerprint density at radius 2 is 2.32 bits per heavy atom. The Morgan fingerprint density at radius 1 is 1.63 bits per heavy atom. The van der Waals surface area contributed by atoms with Crippen LogP contribution in [-0.4, -0.2) is 49.1 Å². The second-order valence-electron chi connectivity index (χ2n) is 4.55. The second kappa shape index (κ2) is 7.53. The molecule has 110 valence electrons. The summed E-state index contributed by atoms with van der Waals surface area (Å²) >= 11 is 1.85. The summed E-state index contributed by atoms with van der Waals surface area (Å²) in [5.41, 5.74) is 0. The number of hydrogen-bond donors (Lipinski definition) is 1. The highest BCUT2D eigenvalue weighted by Gasteiger charge is 2.33. The van der Waals surface area contributed by atoms with Crippen LogP contribution in [0.25, 0.3) is 0 Å². The quantitative estimate of drug-likeness (QED) is 0.405. The molecular formula is C12H19IO6. The van der Waals surface area contributed by atoms with Gasteiger partial charge >= 0.3 is 5.97 Å². The van der Waals surface area contributed by atoms with Crippen LogP contribution in [0.4, 0.5) is 0 Å². The van der Waals surface area contributed by atoms with Gasteiger partial charge in [0.2, 0.25) is 0 Å². The van der Waals surface area contributed by atoms with Gasteiger partial charge in [0.1, 0.15) is 12.7 Å². The van der Waals surface area contributed by atoms with Crippen LogP contribution < -0.4 is 0 Å². The fraction of sp³-hybridized carbons (Fsp3) is 0.750. The maximum atomic E-state index is 11.4. The SMILES string of the molecule is C=C(I)C(O)OCCC(=O)OCC1COC(C)(C)O1. The summed E-state index contributed by atoms with van der Waals surface area (Å²) in [7, 11) is 0. The molecule has 0 aromatic carbocycles. The summed E-state index contributed by atoms with van der Waals surface area (Å²) in [5, 5.41) is 9.28. The van der Waals surface area contributed by atoms with E-state index in [1.54, 1.807) is 13.8 Å². The monoisotopic (exact) mass is 386 g/mol. The van der Waals surface area contributed by atoms with Crippen molar-refractivity contribution < 1.29 is 28.8 Å². The van der Waals surface area contributed by atoms with E-state index in [-0.39, 0.29) is 25.7 Å². The average molecular weight is 386 g/mol. The highest BCUT2D eigenvalue weighted by molar-refractivity contribution is 14.1. The fourth-order valence-electron chi connectivity index (χ4n) is 1.45. The van der Waals surface area contributed by atoms with Crippen LogP contribution in [0.5, 0.6) is 0 Å². The molecule has 0 bridgehead atoms. The van der Waals surface area contributed by atoms with Crippen molar-refractivity contribution in [3.8, 4) is 0 Å². The minimum Gasteiger partial charge on any atom is -0.463 e. The van der Waals surface area contributed by atoms with E-state index in [1.165, 1.54) is 0 Å². The van der Waals surface area contributed by atoms with Crippen LogP contribution in [0.3, 0.4) is 0 Å². The molecule has 0 radical (unpaired) electrons. The molecule has 1 rings (SSSR count). The molecule has 19 heavy (non-hydrogen) atoms. The van der Waals surface area contributed by atoms with Gasteiger partial charge in [-0.1, -0.05) is 6.58 Å². The van der Waals surface area contributed by atoms with Gasteiger partial charge in [0.15, 0.2) is 12.1 Å². The minimum absolute atomic E-state index is 0.0674. The van der Waals surface area contributed by atoms with Gasteiger partial charge in [0, 0.05) is 3.58 Å². The Balaban J connectivity index is 2.10. The van der Waals surface area contributed by atoms with Gasteiger partial charge in [-0.15, -0.1) is 0 Å². The zero-order valence-corrected chi connectivity index (χ0v) is 13.2. The number of ether oxygens (including phenoxy) is 4. The van der Waals surface area contributed by atoms with Gasteiger partial charge < -0.3 is 24.1 Å². The molecule has 1 saturated heterocycles. The first-order valence-corrected chi connectivity index (χ1v) is 6.99. The third-order valence-corrected chi connectivity index (χ3v) is 2.88. The third-order valence-electron chi connectivity index (χ3n) is 2.35. The van der Waals surface area contributed by atoms with E-state index in [1.807, 2.05) is 22.6 Å². The number of hydrogen-bond acceptors (Lipinski definition) is 6. The maximum absolute atomic E-state index is 11.4. The van der Waals surface area contributed by atoms with Crippen LogP contribution in [-0.2, 0) is 23.7 Å². The molecule has 1 aliphatic rings. The summed E-state index contributed by atoms with van der Waals surface area (Å²) in [4.78, 5) is 11.4. The lowest BCUT2D eigenvalue weighted by atomic mass is 10.4. The predicted molar refractivity (Wildman–Crippen MR) is 75.6 cm³/mol. The molecule has 2 atom stereocenters. The molecule has 1 aliphatic heterocycles. The van der Waals surface area contributed by atoms with E-state index in [9.17, 15) is 9.90 Å². The predicted octanol–water partition coefficient (Wildman–Crippen LogP) is 1.35. The van der Waals surface area contributed by atoms with E-state index in [0.29, 0.717) is 10.2 Å². The van der Waals surface area contributed by atoms with Crippen molar-refractivity contribution in [1.29, 1.82) is 0 Å². The molecule has 2 unspecified atom stereocenters. The number of rotatable bonds is 7. The molecule has 1 heterocycles. The first-order valence-electron chi connectivity index (χ1n) is 5.91. The number of carbonyl (C=O) groups is 1. The lowest BCUT2D eigenvalue weighted by molar-refractivity contribution is -0.160. The number of carbonyl (C=O) groups excluding carboxylic acids is 1. The van der Waals surface area contributed by atoms with Crippen LogP contribution in [0.2, 0.25) is 0 Å². The van der Waals surface area contributed by atoms with Crippen molar-refractivity contribution in [3.05, 3.63) is 10.2 Å². The van der Waals surface area contributed by atoms with Crippen LogP contribution in [0, 0.1) is 0 Å². The molecule has 1 fully saturated rings. The first kappa shape index (κ1) is 16.8. The van der Waals surface area contributed by atoms with Crippen LogP contribution in [0.15, 0.2) is 10.2 Å². The molecule has 0 spiro atoms. The fourth-order valence-corrected chi connectivity index (χ4v) is 1.63. The standard InChI is InChI=1S/C12H19IO6/c1-8(13)11(15)16-5-4-10(14)17-6-9-7-18-12(2,3)19-9/h9,11,15H,1,4-7H2,2-3H3. The Kier molecular flexibility index (Phi) is 6.67. The maximum Gasteiger partial charge on any atom is 0.308 e. The molecule has 1 N–H and O–H groups in total. The number of esters is 1. The van der Waals surface area contributed by atoms with Gasteiger partial charge in [0.05, 0.1) is 19.6 Å². The molecular weight excluding hydrogens is 367 g/mol. The average Bonchev–Trinajstić information content (AvgIpc) is 2.66. The Morgan fingerprint density at radius 3 is 2.84 bits per heavy atom.